The highest BCUT2D eigenvalue weighted by Crippen LogP contribution is 2.15. The number of sulfonamides is 1. The van der Waals surface area contributed by atoms with Crippen LogP contribution in [0.15, 0.2) is 23.1 Å². The van der Waals surface area contributed by atoms with Gasteiger partial charge in [-0.2, -0.15) is 5.26 Å². The molecule has 20 heavy (non-hydrogen) atoms. The lowest BCUT2D eigenvalue weighted by Gasteiger charge is -2.11. The Morgan fingerprint density at radius 2 is 2.30 bits per heavy atom. The fourth-order valence-electron chi connectivity index (χ4n) is 2.38. The molecule has 1 heterocycles. The third-order valence-electron chi connectivity index (χ3n) is 3.58. The number of benzene rings is 1. The van der Waals surface area contributed by atoms with Gasteiger partial charge in [-0.25, -0.2) is 13.1 Å². The van der Waals surface area contributed by atoms with E-state index in [-0.39, 0.29) is 4.90 Å². The van der Waals surface area contributed by atoms with Crippen molar-refractivity contribution in [2.24, 2.45) is 0 Å². The van der Waals surface area contributed by atoms with Crippen molar-refractivity contribution in [1.82, 2.24) is 10.0 Å². The Labute approximate surface area is 120 Å². The number of nitriles is 1. The quantitative estimate of drug-likeness (QED) is 0.857. The SMILES string of the molecule is Cc1cc(S(=O)(=O)NCC[C@H]2CCCN2)ccc1C#N. The first-order valence-electron chi connectivity index (χ1n) is 6.77. The zero-order valence-electron chi connectivity index (χ0n) is 11.5. The van der Waals surface area contributed by atoms with E-state index in [1.165, 1.54) is 12.1 Å². The van der Waals surface area contributed by atoms with Gasteiger partial charge in [-0.1, -0.05) is 0 Å². The molecular formula is C14H19N3O2S. The van der Waals surface area contributed by atoms with Crippen LogP contribution in [0.25, 0.3) is 0 Å². The molecule has 1 atom stereocenters. The second kappa shape index (κ2) is 6.35. The van der Waals surface area contributed by atoms with Crippen molar-refractivity contribution in [2.45, 2.75) is 37.1 Å². The smallest absolute Gasteiger partial charge is 0.240 e. The van der Waals surface area contributed by atoms with Gasteiger partial charge in [0.15, 0.2) is 0 Å². The zero-order chi connectivity index (χ0) is 14.6. The second-order valence-corrected chi connectivity index (χ2v) is 6.84. The normalized spacial score (nSPS) is 18.9. The van der Waals surface area contributed by atoms with Crippen molar-refractivity contribution in [2.75, 3.05) is 13.1 Å². The van der Waals surface area contributed by atoms with Crippen LogP contribution in [0.5, 0.6) is 0 Å². The number of nitrogens with zero attached hydrogens (tertiary/aromatic N) is 1. The number of hydrogen-bond donors (Lipinski definition) is 2. The molecule has 0 aromatic heterocycles. The fourth-order valence-corrected chi connectivity index (χ4v) is 3.52. The molecule has 6 heteroatoms. The Kier molecular flexibility index (Phi) is 4.76. The molecule has 1 aliphatic heterocycles. The highest BCUT2D eigenvalue weighted by atomic mass is 32.2. The largest absolute Gasteiger partial charge is 0.314 e. The van der Waals surface area contributed by atoms with Gasteiger partial charge in [0.05, 0.1) is 16.5 Å². The van der Waals surface area contributed by atoms with Gasteiger partial charge in [0.1, 0.15) is 0 Å². The maximum absolute atomic E-state index is 12.1. The van der Waals surface area contributed by atoms with Crippen molar-refractivity contribution >= 4 is 10.0 Å². The van der Waals surface area contributed by atoms with Gasteiger partial charge in [0.2, 0.25) is 10.0 Å². The first-order valence-corrected chi connectivity index (χ1v) is 8.25. The Hall–Kier alpha value is -1.42. The molecule has 0 spiro atoms. The second-order valence-electron chi connectivity index (χ2n) is 5.07. The third-order valence-corrected chi connectivity index (χ3v) is 5.03. The van der Waals surface area contributed by atoms with Gasteiger partial charge in [-0.3, -0.25) is 0 Å². The van der Waals surface area contributed by atoms with Crippen LogP contribution in [0.4, 0.5) is 0 Å². The summed E-state index contributed by atoms with van der Waals surface area (Å²) < 4.78 is 26.9. The van der Waals surface area contributed by atoms with E-state index in [1.54, 1.807) is 13.0 Å². The van der Waals surface area contributed by atoms with Crippen LogP contribution >= 0.6 is 0 Å². The van der Waals surface area contributed by atoms with E-state index in [0.717, 1.165) is 25.8 Å². The van der Waals surface area contributed by atoms with Crippen molar-refractivity contribution < 1.29 is 8.42 Å². The number of rotatable bonds is 5. The standard InChI is InChI=1S/C14H19N3O2S/c1-11-9-14(5-4-12(11)10-15)20(18,19)17-8-6-13-3-2-7-16-13/h4-5,9,13,16-17H,2-3,6-8H2,1H3/t13-/m1/s1. The molecule has 1 fully saturated rings. The molecule has 2 N–H and O–H groups in total. The summed E-state index contributed by atoms with van der Waals surface area (Å²) in [6.07, 6.45) is 3.07. The molecule has 5 nitrogen and oxygen atoms in total. The lowest BCUT2D eigenvalue weighted by atomic mass is 10.1. The van der Waals surface area contributed by atoms with E-state index in [9.17, 15) is 8.42 Å². The number of aryl methyl sites for hydroxylation is 1. The topological polar surface area (TPSA) is 82.0 Å². The van der Waals surface area contributed by atoms with Crippen LogP contribution < -0.4 is 10.0 Å². The van der Waals surface area contributed by atoms with Gasteiger partial charge in [0.25, 0.3) is 0 Å². The van der Waals surface area contributed by atoms with Gasteiger partial charge >= 0.3 is 0 Å². The van der Waals surface area contributed by atoms with Crippen LogP contribution in [0.3, 0.4) is 0 Å². The fraction of sp³-hybridized carbons (Fsp3) is 0.500. The molecule has 0 unspecified atom stereocenters. The van der Waals surface area contributed by atoms with Gasteiger partial charge in [-0.15, -0.1) is 0 Å². The maximum atomic E-state index is 12.1. The predicted octanol–water partition coefficient (Wildman–Crippen LogP) is 1.29. The first kappa shape index (κ1) is 15.0. The molecule has 1 saturated heterocycles. The summed E-state index contributed by atoms with van der Waals surface area (Å²) in [5.74, 6) is 0. The van der Waals surface area contributed by atoms with Gasteiger partial charge < -0.3 is 5.32 Å². The summed E-state index contributed by atoms with van der Waals surface area (Å²) >= 11 is 0. The Morgan fingerprint density at radius 1 is 1.50 bits per heavy atom. The molecule has 1 aliphatic rings. The highest BCUT2D eigenvalue weighted by Gasteiger charge is 2.17. The zero-order valence-corrected chi connectivity index (χ0v) is 12.3. The van der Waals surface area contributed by atoms with Crippen LogP contribution in [0.2, 0.25) is 0 Å². The summed E-state index contributed by atoms with van der Waals surface area (Å²) in [6, 6.07) is 7.00. The predicted molar refractivity (Wildman–Crippen MR) is 76.7 cm³/mol. The molecule has 2 rings (SSSR count). The summed E-state index contributed by atoms with van der Waals surface area (Å²) in [5.41, 5.74) is 1.17. The highest BCUT2D eigenvalue weighted by molar-refractivity contribution is 7.89. The molecule has 0 bridgehead atoms. The minimum absolute atomic E-state index is 0.216. The Balaban J connectivity index is 1.99. The van der Waals surface area contributed by atoms with E-state index < -0.39 is 10.0 Å². The number of hydrogen-bond acceptors (Lipinski definition) is 4. The van der Waals surface area contributed by atoms with E-state index in [1.807, 2.05) is 6.07 Å². The molecular weight excluding hydrogens is 274 g/mol. The Morgan fingerprint density at radius 3 is 2.90 bits per heavy atom. The van der Waals surface area contributed by atoms with Crippen LogP contribution in [-0.2, 0) is 10.0 Å². The minimum Gasteiger partial charge on any atom is -0.314 e. The van der Waals surface area contributed by atoms with Gasteiger partial charge in [0, 0.05) is 12.6 Å². The van der Waals surface area contributed by atoms with Crippen LogP contribution in [0, 0.1) is 18.3 Å². The minimum atomic E-state index is -3.49. The molecule has 0 radical (unpaired) electrons. The molecule has 108 valence electrons. The van der Waals surface area contributed by atoms with Crippen LogP contribution in [-0.4, -0.2) is 27.5 Å². The molecule has 1 aromatic rings. The lowest BCUT2D eigenvalue weighted by Crippen LogP contribution is -2.30. The third kappa shape index (κ3) is 3.57. The summed E-state index contributed by atoms with van der Waals surface area (Å²) in [5, 5.41) is 12.2. The summed E-state index contributed by atoms with van der Waals surface area (Å²) in [6.45, 7) is 3.19. The number of nitrogens with one attached hydrogen (secondary N) is 2. The van der Waals surface area contributed by atoms with Crippen LogP contribution in [0.1, 0.15) is 30.4 Å². The molecule has 0 saturated carbocycles. The average Bonchev–Trinajstić information content (AvgIpc) is 2.91. The first-order chi connectivity index (χ1) is 9.53. The maximum Gasteiger partial charge on any atom is 0.240 e. The van der Waals surface area contributed by atoms with Crippen molar-refractivity contribution in [3.63, 3.8) is 0 Å². The van der Waals surface area contributed by atoms with E-state index in [4.69, 9.17) is 5.26 Å². The summed E-state index contributed by atoms with van der Waals surface area (Å²) in [4.78, 5) is 0.216. The van der Waals surface area contributed by atoms with E-state index in [0.29, 0.717) is 23.7 Å². The van der Waals surface area contributed by atoms with Crippen molar-refractivity contribution in [1.29, 1.82) is 5.26 Å². The lowest BCUT2D eigenvalue weighted by molar-refractivity contribution is 0.539. The van der Waals surface area contributed by atoms with E-state index in [2.05, 4.69) is 10.0 Å². The monoisotopic (exact) mass is 293 g/mol. The van der Waals surface area contributed by atoms with E-state index >= 15 is 0 Å². The Bertz CT molecular complexity index is 614. The molecule has 1 aromatic carbocycles. The molecule has 0 amide bonds. The van der Waals surface area contributed by atoms with Gasteiger partial charge in [-0.05, 0) is 56.5 Å². The van der Waals surface area contributed by atoms with Crippen molar-refractivity contribution in [3.05, 3.63) is 29.3 Å². The summed E-state index contributed by atoms with van der Waals surface area (Å²) in [7, 11) is -3.49. The average molecular weight is 293 g/mol. The molecule has 0 aliphatic carbocycles. The van der Waals surface area contributed by atoms with Crippen molar-refractivity contribution in [3.8, 4) is 6.07 Å².